The number of carboxylic acids is 1. The van der Waals surface area contributed by atoms with E-state index in [0.717, 1.165) is 28.0 Å². The highest BCUT2D eigenvalue weighted by molar-refractivity contribution is 8.00. The molecule has 1 aromatic rings. The van der Waals surface area contributed by atoms with Crippen LogP contribution in [-0.4, -0.2) is 87.3 Å². The topological polar surface area (TPSA) is 191 Å². The molecule has 13 nitrogen and oxygen atoms in total. The number of anilines is 1. The lowest BCUT2D eigenvalue weighted by atomic mass is 10.0. The van der Waals surface area contributed by atoms with Gasteiger partial charge in [-0.05, 0) is 6.92 Å². The number of carbonyl (C=O) groups is 5. The van der Waals surface area contributed by atoms with Crippen LogP contribution in [0.2, 0.25) is 0 Å². The Bertz CT molecular complexity index is 1120. The summed E-state index contributed by atoms with van der Waals surface area (Å²) in [7, 11) is 0. The highest BCUT2D eigenvalue weighted by Gasteiger charge is 2.54. The maximum Gasteiger partial charge on any atom is 0.352 e. The van der Waals surface area contributed by atoms with E-state index in [1.54, 1.807) is 0 Å². The lowest BCUT2D eigenvalue weighted by Crippen LogP contribution is -2.71. The minimum atomic E-state index is -1.41. The maximum atomic E-state index is 12.8. The average molecular weight is 530 g/mol. The normalized spacial score (nSPS) is 19.5. The Kier molecular flexibility index (Phi) is 8.39. The first kappa shape index (κ1) is 26.1. The Labute approximate surface area is 205 Å². The van der Waals surface area contributed by atoms with E-state index in [-0.39, 0.29) is 33.6 Å². The van der Waals surface area contributed by atoms with Gasteiger partial charge >= 0.3 is 11.9 Å². The van der Waals surface area contributed by atoms with Gasteiger partial charge in [0.15, 0.2) is 10.8 Å². The van der Waals surface area contributed by atoms with Gasteiger partial charge in [-0.2, -0.15) is 0 Å². The molecule has 3 heterocycles. The number of Topliss-reactive ketones (excluding diaryl/α,β-unsaturated/α-hetero) is 1. The van der Waals surface area contributed by atoms with Gasteiger partial charge in [-0.1, -0.05) is 5.16 Å². The number of nitrogen functional groups attached to an aromatic ring is 1. The molecule has 3 rings (SSSR count). The number of alkyl halides is 1. The Balaban J connectivity index is 1.74. The smallest absolute Gasteiger partial charge is 0.352 e. The molecule has 35 heavy (non-hydrogen) atoms. The molecular formula is C19H20FN5O8S2. The molecule has 1 fully saturated rings. The number of carbonyl (C=O) groups excluding carboxylic acids is 4. The number of oxime groups is 1. The molecule has 2 atom stereocenters. The number of esters is 1. The first-order chi connectivity index (χ1) is 16.6. The van der Waals surface area contributed by atoms with Crippen LogP contribution >= 0.6 is 23.1 Å². The third kappa shape index (κ3) is 5.94. The summed E-state index contributed by atoms with van der Waals surface area (Å²) in [5.74, 6) is -4.09. The number of ether oxygens (including phenoxy) is 1. The number of aromatic nitrogens is 1. The van der Waals surface area contributed by atoms with Crippen LogP contribution < -0.4 is 11.1 Å². The predicted molar refractivity (Wildman–Crippen MR) is 121 cm³/mol. The molecule has 2 aliphatic rings. The van der Waals surface area contributed by atoms with Gasteiger partial charge in [-0.15, -0.1) is 23.1 Å². The molecule has 2 amide bonds. The largest absolute Gasteiger partial charge is 0.477 e. The number of β-lactam (4-membered cyclic amide) rings is 1. The Morgan fingerprint density at radius 2 is 2.14 bits per heavy atom. The lowest BCUT2D eigenvalue weighted by Gasteiger charge is -2.49. The SMILES string of the molecule is CC(=O)CC(=O)OCC1=C(C(=O)O)N2C(=O)[C@@H](NC(=O)/C(=N\OCCF)c3csc(N)n3)[C@@H]2SC1. The zero-order chi connectivity index (χ0) is 25.7. The van der Waals surface area contributed by atoms with Crippen LogP contribution in [-0.2, 0) is 33.5 Å². The molecule has 1 saturated heterocycles. The van der Waals surface area contributed by atoms with Crippen LogP contribution in [0.5, 0.6) is 0 Å². The van der Waals surface area contributed by atoms with Crippen molar-refractivity contribution in [1.82, 2.24) is 15.2 Å². The number of ketones is 1. The Morgan fingerprint density at radius 1 is 1.40 bits per heavy atom. The fraction of sp³-hybridized carbons (Fsp3) is 0.421. The van der Waals surface area contributed by atoms with Gasteiger partial charge in [-0.3, -0.25) is 24.1 Å². The van der Waals surface area contributed by atoms with Crippen LogP contribution in [0.1, 0.15) is 19.0 Å². The van der Waals surface area contributed by atoms with Crippen molar-refractivity contribution >= 4 is 63.5 Å². The number of fused-ring (bicyclic) bond motifs is 1. The summed E-state index contributed by atoms with van der Waals surface area (Å²) >= 11 is 2.18. The van der Waals surface area contributed by atoms with Gasteiger partial charge in [0.1, 0.15) is 54.9 Å². The molecule has 0 radical (unpaired) electrons. The number of carboxylic acid groups (broad SMARTS) is 1. The molecule has 0 unspecified atom stereocenters. The first-order valence-corrected chi connectivity index (χ1v) is 11.9. The molecule has 2 aliphatic heterocycles. The second-order valence-corrected chi connectivity index (χ2v) is 9.19. The summed E-state index contributed by atoms with van der Waals surface area (Å²) in [6, 6.07) is -1.09. The van der Waals surface area contributed by atoms with Crippen LogP contribution in [0.25, 0.3) is 0 Å². The summed E-state index contributed by atoms with van der Waals surface area (Å²) in [5, 5.41) is 16.6. The molecule has 0 spiro atoms. The van der Waals surface area contributed by atoms with E-state index in [2.05, 4.69) is 15.5 Å². The highest BCUT2D eigenvalue weighted by atomic mass is 32.2. The van der Waals surface area contributed by atoms with E-state index in [1.165, 1.54) is 12.3 Å². The summed E-state index contributed by atoms with van der Waals surface area (Å²) in [4.78, 5) is 69.8. The van der Waals surface area contributed by atoms with Crippen molar-refractivity contribution in [2.24, 2.45) is 5.16 Å². The fourth-order valence-electron chi connectivity index (χ4n) is 3.17. The Morgan fingerprint density at radius 3 is 2.74 bits per heavy atom. The standard InChI is InChI=1S/C19H20FN5O8S2/c1-8(26)4-11(27)32-5-9-6-34-17-13(16(29)25(17)14(9)18(30)31)23-15(28)12(24-33-3-2-20)10-7-35-19(21)22-10/h7,13,17H,2-6H2,1H3,(H2,21,22)(H,23,28)(H,30,31)/b24-12-/t13-,17+/m1/s1. The van der Waals surface area contributed by atoms with E-state index in [9.17, 15) is 33.5 Å². The third-order valence-corrected chi connectivity index (χ3v) is 6.65. The third-order valence-electron chi connectivity index (χ3n) is 4.64. The van der Waals surface area contributed by atoms with Gasteiger partial charge in [0.25, 0.3) is 11.8 Å². The number of thioether (sulfide) groups is 1. The van der Waals surface area contributed by atoms with Gasteiger partial charge in [-0.25, -0.2) is 14.2 Å². The molecular weight excluding hydrogens is 509 g/mol. The highest BCUT2D eigenvalue weighted by Crippen LogP contribution is 2.40. The number of nitrogens with zero attached hydrogens (tertiary/aromatic N) is 3. The second kappa shape index (κ2) is 11.3. The summed E-state index contributed by atoms with van der Waals surface area (Å²) in [6.45, 7) is -0.438. The van der Waals surface area contributed by atoms with Crippen molar-refractivity contribution in [1.29, 1.82) is 0 Å². The average Bonchev–Trinajstić information content (AvgIpc) is 3.23. The molecule has 0 aliphatic carbocycles. The molecule has 0 saturated carbocycles. The first-order valence-electron chi connectivity index (χ1n) is 9.97. The number of nitrogens with one attached hydrogen (secondary N) is 1. The minimum Gasteiger partial charge on any atom is -0.477 e. The maximum absolute atomic E-state index is 12.8. The van der Waals surface area contributed by atoms with E-state index in [0.29, 0.717) is 0 Å². The van der Waals surface area contributed by atoms with Crippen LogP contribution in [0.15, 0.2) is 21.8 Å². The second-order valence-electron chi connectivity index (χ2n) is 7.19. The van der Waals surface area contributed by atoms with E-state index in [1.807, 2.05) is 0 Å². The summed E-state index contributed by atoms with van der Waals surface area (Å²) in [5.41, 5.74) is 5.14. The molecule has 0 bridgehead atoms. The number of aliphatic carboxylic acids is 1. The molecule has 0 aromatic carbocycles. The molecule has 4 N–H and O–H groups in total. The van der Waals surface area contributed by atoms with Crippen molar-refractivity contribution in [3.8, 4) is 0 Å². The number of thiazole rings is 1. The van der Waals surface area contributed by atoms with E-state index < -0.39 is 67.3 Å². The van der Waals surface area contributed by atoms with Crippen molar-refractivity contribution in [2.75, 3.05) is 31.4 Å². The molecule has 16 heteroatoms. The molecule has 188 valence electrons. The van der Waals surface area contributed by atoms with Gasteiger partial charge in [0, 0.05) is 16.7 Å². The molecule has 1 aromatic heterocycles. The van der Waals surface area contributed by atoms with Crippen LogP contribution in [0.3, 0.4) is 0 Å². The van der Waals surface area contributed by atoms with E-state index >= 15 is 0 Å². The fourth-order valence-corrected chi connectivity index (χ4v) is 5.05. The minimum absolute atomic E-state index is 0.0598. The number of halogens is 1. The monoisotopic (exact) mass is 529 g/mol. The quantitative estimate of drug-likeness (QED) is 0.0850. The van der Waals surface area contributed by atoms with E-state index in [4.69, 9.17) is 15.3 Å². The number of nitrogens with two attached hydrogens (primary N) is 1. The number of hydrogen-bond donors (Lipinski definition) is 3. The number of amides is 2. The lowest BCUT2D eigenvalue weighted by molar-refractivity contribution is -0.150. The number of hydrogen-bond acceptors (Lipinski definition) is 12. The van der Waals surface area contributed by atoms with Gasteiger partial charge in [0.05, 0.1) is 0 Å². The summed E-state index contributed by atoms with van der Waals surface area (Å²) < 4.78 is 17.3. The van der Waals surface area contributed by atoms with Crippen LogP contribution in [0.4, 0.5) is 9.52 Å². The number of rotatable bonds is 11. The van der Waals surface area contributed by atoms with Crippen LogP contribution in [0, 0.1) is 0 Å². The Hall–Kier alpha value is -3.53. The van der Waals surface area contributed by atoms with Crippen molar-refractivity contribution in [2.45, 2.75) is 24.8 Å². The zero-order valence-corrected chi connectivity index (χ0v) is 19.8. The predicted octanol–water partition coefficient (Wildman–Crippen LogP) is -0.324. The van der Waals surface area contributed by atoms with Gasteiger partial charge in [0.2, 0.25) is 0 Å². The summed E-state index contributed by atoms with van der Waals surface area (Å²) in [6.07, 6.45) is -0.453. The van der Waals surface area contributed by atoms with Crippen molar-refractivity contribution in [3.63, 3.8) is 0 Å². The van der Waals surface area contributed by atoms with Gasteiger partial charge < -0.3 is 25.7 Å². The zero-order valence-electron chi connectivity index (χ0n) is 18.2. The van der Waals surface area contributed by atoms with Crippen molar-refractivity contribution < 1.29 is 43.0 Å². The van der Waals surface area contributed by atoms with Crippen molar-refractivity contribution in [3.05, 3.63) is 22.3 Å².